The summed E-state index contributed by atoms with van der Waals surface area (Å²) in [4.78, 5) is 19.2. The molecule has 1 aliphatic heterocycles. The number of fused-ring (bicyclic) bond motifs is 1. The lowest BCUT2D eigenvalue weighted by molar-refractivity contribution is -0.137. The van der Waals surface area contributed by atoms with Gasteiger partial charge in [-0.05, 0) is 56.6 Å². The quantitative estimate of drug-likeness (QED) is 0.272. The van der Waals surface area contributed by atoms with Crippen LogP contribution in [0.2, 0.25) is 0 Å². The van der Waals surface area contributed by atoms with Gasteiger partial charge in [0.15, 0.2) is 0 Å². The lowest BCUT2D eigenvalue weighted by Crippen LogP contribution is -2.17. The predicted octanol–water partition coefficient (Wildman–Crippen LogP) is 2.79. The number of anilines is 4. The van der Waals surface area contributed by atoms with Gasteiger partial charge in [0.25, 0.3) is 10.1 Å². The van der Waals surface area contributed by atoms with Gasteiger partial charge in [0.1, 0.15) is 11.4 Å². The first-order valence-corrected chi connectivity index (χ1v) is 12.0. The largest absolute Gasteiger partial charge is 0.421 e. The zero-order chi connectivity index (χ0) is 24.9. The summed E-state index contributed by atoms with van der Waals surface area (Å²) in [5, 5.41) is 10.8. The van der Waals surface area contributed by atoms with E-state index in [9.17, 15) is 26.4 Å². The second kappa shape index (κ2) is 10.5. The summed E-state index contributed by atoms with van der Waals surface area (Å²) >= 11 is 0. The number of carbonyl (C=O) groups is 1. The summed E-state index contributed by atoms with van der Waals surface area (Å²) in [6.07, 6.45) is -1.61. The molecular weight excluding hydrogens is 477 g/mol. The van der Waals surface area contributed by atoms with Crippen molar-refractivity contribution in [3.05, 3.63) is 35.5 Å². The SMILES string of the molecule is CNCCCNc1nc(Nc2ccc3c(c2)CC(=O)N3)ncc1C(F)(F)F.O=S(=O)(O)C1CC1. The highest BCUT2D eigenvalue weighted by molar-refractivity contribution is 7.86. The van der Waals surface area contributed by atoms with Crippen LogP contribution in [0, 0.1) is 0 Å². The van der Waals surface area contributed by atoms with E-state index in [0.717, 1.165) is 17.4 Å². The van der Waals surface area contributed by atoms with E-state index in [1.807, 2.05) is 0 Å². The molecule has 2 heterocycles. The third-order valence-corrected chi connectivity index (χ3v) is 6.24. The van der Waals surface area contributed by atoms with Crippen LogP contribution in [-0.2, 0) is 27.5 Å². The van der Waals surface area contributed by atoms with Crippen LogP contribution in [0.1, 0.15) is 30.4 Å². The molecule has 2 aromatic rings. The molecule has 0 spiro atoms. The van der Waals surface area contributed by atoms with Crippen LogP contribution in [0.3, 0.4) is 0 Å². The summed E-state index contributed by atoms with van der Waals surface area (Å²) in [5.74, 6) is -0.327. The highest BCUT2D eigenvalue weighted by Crippen LogP contribution is 2.34. The number of hydrogen-bond donors (Lipinski definition) is 5. The van der Waals surface area contributed by atoms with Crippen molar-refractivity contribution in [2.75, 3.05) is 36.1 Å². The number of alkyl halides is 3. The lowest BCUT2D eigenvalue weighted by Gasteiger charge is -2.15. The molecule has 1 aromatic carbocycles. The Morgan fingerprint density at radius 1 is 1.24 bits per heavy atom. The fourth-order valence-corrected chi connectivity index (χ4v) is 3.79. The molecule has 4 rings (SSSR count). The van der Waals surface area contributed by atoms with Crippen LogP contribution in [-0.4, -0.2) is 54.2 Å². The normalized spacial score (nSPS) is 15.1. The minimum Gasteiger partial charge on any atom is -0.369 e. The summed E-state index contributed by atoms with van der Waals surface area (Å²) in [7, 11) is -1.86. The molecule has 1 aliphatic carbocycles. The Morgan fingerprint density at radius 2 is 1.97 bits per heavy atom. The Morgan fingerprint density at radius 3 is 2.56 bits per heavy atom. The second-order valence-corrected chi connectivity index (χ2v) is 9.47. The van der Waals surface area contributed by atoms with Crippen LogP contribution in [0.4, 0.5) is 36.3 Å². The number of carbonyl (C=O) groups excluding carboxylic acids is 1. The number of aromatic nitrogens is 2. The van der Waals surface area contributed by atoms with E-state index in [0.29, 0.717) is 38.0 Å². The maximum absolute atomic E-state index is 13.2. The smallest absolute Gasteiger partial charge is 0.369 e. The maximum Gasteiger partial charge on any atom is 0.421 e. The molecule has 1 fully saturated rings. The first kappa shape index (κ1) is 25.6. The zero-order valence-electron chi connectivity index (χ0n) is 18.2. The Kier molecular flexibility index (Phi) is 7.94. The zero-order valence-corrected chi connectivity index (χ0v) is 19.1. The van der Waals surface area contributed by atoms with E-state index < -0.39 is 27.1 Å². The highest BCUT2D eigenvalue weighted by atomic mass is 32.2. The molecule has 0 unspecified atom stereocenters. The average molecular weight is 503 g/mol. The second-order valence-electron chi connectivity index (χ2n) is 7.77. The molecular formula is C20H25F3N6O4S. The fraction of sp³-hybridized carbons (Fsp3) is 0.450. The van der Waals surface area contributed by atoms with Crippen molar-refractivity contribution in [3.63, 3.8) is 0 Å². The third-order valence-electron chi connectivity index (χ3n) is 4.92. The first-order chi connectivity index (χ1) is 16.0. The summed E-state index contributed by atoms with van der Waals surface area (Å²) < 4.78 is 67.6. The van der Waals surface area contributed by atoms with Crippen molar-refractivity contribution in [2.24, 2.45) is 0 Å². The topological polar surface area (TPSA) is 145 Å². The number of rotatable bonds is 8. The number of hydrogen-bond acceptors (Lipinski definition) is 8. The Balaban J connectivity index is 0.000000396. The Bertz CT molecular complexity index is 1140. The van der Waals surface area contributed by atoms with Crippen LogP contribution >= 0.6 is 0 Å². The van der Waals surface area contributed by atoms with Crippen molar-refractivity contribution in [3.8, 4) is 0 Å². The van der Waals surface area contributed by atoms with Crippen LogP contribution in [0.15, 0.2) is 24.4 Å². The van der Waals surface area contributed by atoms with Gasteiger partial charge in [-0.1, -0.05) is 0 Å². The molecule has 5 N–H and O–H groups in total. The van der Waals surface area contributed by atoms with Crippen molar-refractivity contribution >= 4 is 39.2 Å². The molecule has 1 amide bonds. The number of halogens is 3. The molecule has 0 bridgehead atoms. The molecule has 1 aromatic heterocycles. The minimum absolute atomic E-state index is 0.0383. The van der Waals surface area contributed by atoms with E-state index in [-0.39, 0.29) is 24.1 Å². The summed E-state index contributed by atoms with van der Waals surface area (Å²) in [6.45, 7) is 1.01. The summed E-state index contributed by atoms with van der Waals surface area (Å²) in [6, 6.07) is 5.17. The minimum atomic E-state index is -4.55. The fourth-order valence-electron chi connectivity index (χ4n) is 3.06. The van der Waals surface area contributed by atoms with E-state index in [1.54, 1.807) is 25.2 Å². The molecule has 34 heavy (non-hydrogen) atoms. The molecule has 0 radical (unpaired) electrons. The first-order valence-electron chi connectivity index (χ1n) is 10.5. The van der Waals surface area contributed by atoms with Gasteiger partial charge in [0, 0.05) is 24.1 Å². The van der Waals surface area contributed by atoms with E-state index in [1.165, 1.54) is 0 Å². The molecule has 186 valence electrons. The molecule has 10 nitrogen and oxygen atoms in total. The third kappa shape index (κ3) is 7.27. The molecule has 14 heteroatoms. The standard InChI is InChI=1S/C17H19F3N6O.C3H6O3S/c1-21-5-2-6-22-15-12(17(18,19)20)9-23-16(26-15)24-11-3-4-13-10(7-11)8-14(27)25-13;4-7(5,6)3-1-2-3/h3-4,7,9,21H,2,5-6,8H2,1H3,(H,25,27)(H2,22,23,24,26);3H,1-2H2,(H,4,5,6). The van der Waals surface area contributed by atoms with Gasteiger partial charge in [0.2, 0.25) is 11.9 Å². The number of nitrogens with zero attached hydrogens (tertiary/aromatic N) is 2. The van der Waals surface area contributed by atoms with Gasteiger partial charge >= 0.3 is 6.18 Å². The average Bonchev–Trinajstić information content (AvgIpc) is 3.53. The molecule has 2 aliphatic rings. The van der Waals surface area contributed by atoms with Gasteiger partial charge in [-0.3, -0.25) is 9.35 Å². The Labute approximate surface area is 194 Å². The van der Waals surface area contributed by atoms with Crippen molar-refractivity contribution in [1.82, 2.24) is 15.3 Å². The molecule has 1 saturated carbocycles. The van der Waals surface area contributed by atoms with E-state index in [2.05, 4.69) is 31.2 Å². The number of benzene rings is 1. The molecule has 0 atom stereocenters. The van der Waals surface area contributed by atoms with Gasteiger partial charge in [-0.2, -0.15) is 26.6 Å². The van der Waals surface area contributed by atoms with Crippen LogP contribution in [0.25, 0.3) is 0 Å². The van der Waals surface area contributed by atoms with Gasteiger partial charge < -0.3 is 21.3 Å². The van der Waals surface area contributed by atoms with Crippen molar-refractivity contribution < 1.29 is 30.9 Å². The van der Waals surface area contributed by atoms with Gasteiger partial charge in [-0.25, -0.2) is 4.98 Å². The van der Waals surface area contributed by atoms with Crippen molar-refractivity contribution in [2.45, 2.75) is 37.1 Å². The maximum atomic E-state index is 13.2. The van der Waals surface area contributed by atoms with E-state index in [4.69, 9.17) is 4.55 Å². The van der Waals surface area contributed by atoms with Crippen LogP contribution < -0.4 is 21.3 Å². The van der Waals surface area contributed by atoms with Crippen LogP contribution in [0.5, 0.6) is 0 Å². The van der Waals surface area contributed by atoms with Gasteiger partial charge in [-0.15, -0.1) is 0 Å². The van der Waals surface area contributed by atoms with Crippen molar-refractivity contribution in [1.29, 1.82) is 0 Å². The Hall–Kier alpha value is -2.97. The lowest BCUT2D eigenvalue weighted by atomic mass is 10.1. The van der Waals surface area contributed by atoms with Gasteiger partial charge in [0.05, 0.1) is 11.7 Å². The predicted molar refractivity (Wildman–Crippen MR) is 121 cm³/mol. The highest BCUT2D eigenvalue weighted by Gasteiger charge is 2.35. The number of nitrogens with one attached hydrogen (secondary N) is 4. The van der Waals surface area contributed by atoms with E-state index >= 15 is 0 Å². The molecule has 0 saturated heterocycles. The number of amides is 1. The monoisotopic (exact) mass is 502 g/mol. The summed E-state index contributed by atoms with van der Waals surface area (Å²) in [5.41, 5.74) is 1.21.